The summed E-state index contributed by atoms with van der Waals surface area (Å²) in [5, 5.41) is 2.87. The molecule has 1 amide bonds. The van der Waals surface area contributed by atoms with Gasteiger partial charge in [-0.25, -0.2) is 4.79 Å². The van der Waals surface area contributed by atoms with E-state index in [1.54, 1.807) is 6.08 Å². The average Bonchev–Trinajstić information content (AvgIpc) is 3.52. The molecule has 0 unspecified atom stereocenters. The quantitative estimate of drug-likeness (QED) is 0.589. The predicted octanol–water partition coefficient (Wildman–Crippen LogP) is 3.54. The number of amides is 1. The molecule has 1 aromatic carbocycles. The minimum atomic E-state index is -0.499. The second kappa shape index (κ2) is 9.58. The number of hydrogen-bond donors (Lipinski definition) is 1. The number of benzene rings is 1. The third-order valence-electron chi connectivity index (χ3n) is 5.34. The van der Waals surface area contributed by atoms with Gasteiger partial charge in [-0.15, -0.1) is 0 Å². The van der Waals surface area contributed by atoms with Crippen molar-refractivity contribution < 1.29 is 14.3 Å². The average molecular weight is 370 g/mol. The number of carbonyl (C=O) groups excluding carboxylic acids is 2. The van der Waals surface area contributed by atoms with Crippen molar-refractivity contribution >= 4 is 23.6 Å². The van der Waals surface area contributed by atoms with Gasteiger partial charge in [0.25, 0.3) is 5.91 Å². The molecule has 5 heteroatoms. The monoisotopic (exact) mass is 370 g/mol. The summed E-state index contributed by atoms with van der Waals surface area (Å²) < 4.78 is 5.01. The van der Waals surface area contributed by atoms with Crippen LogP contribution in [0.15, 0.2) is 30.3 Å². The highest BCUT2D eigenvalue weighted by atomic mass is 16.5. The first kappa shape index (κ1) is 19.5. The van der Waals surface area contributed by atoms with Crippen LogP contribution < -0.4 is 10.2 Å². The third kappa shape index (κ3) is 6.42. The molecule has 1 heterocycles. The zero-order valence-corrected chi connectivity index (χ0v) is 16.2. The Kier molecular flexibility index (Phi) is 6.91. The molecule has 1 N–H and O–H groups in total. The topological polar surface area (TPSA) is 58.6 Å². The molecule has 1 saturated carbocycles. The second-order valence-corrected chi connectivity index (χ2v) is 7.63. The van der Waals surface area contributed by atoms with Crippen molar-refractivity contribution in [1.29, 1.82) is 0 Å². The summed E-state index contributed by atoms with van der Waals surface area (Å²) in [5.74, 6) is -0.152. The summed E-state index contributed by atoms with van der Waals surface area (Å²) >= 11 is 0. The molecule has 1 saturated heterocycles. The normalized spacial score (nSPS) is 18.8. The van der Waals surface area contributed by atoms with Crippen molar-refractivity contribution in [3.63, 3.8) is 0 Å². The molecule has 0 bridgehead atoms. The fourth-order valence-corrected chi connectivity index (χ4v) is 3.48. The molecule has 27 heavy (non-hydrogen) atoms. The number of nitrogens with one attached hydrogen (secondary N) is 1. The van der Waals surface area contributed by atoms with Gasteiger partial charge in [0.15, 0.2) is 6.61 Å². The van der Waals surface area contributed by atoms with Crippen LogP contribution in [0.3, 0.4) is 0 Å². The Morgan fingerprint density at radius 2 is 1.81 bits per heavy atom. The van der Waals surface area contributed by atoms with E-state index in [-0.39, 0.29) is 18.6 Å². The smallest absolute Gasteiger partial charge is 0.331 e. The Morgan fingerprint density at radius 3 is 2.44 bits per heavy atom. The van der Waals surface area contributed by atoms with Gasteiger partial charge in [-0.1, -0.05) is 25.0 Å². The van der Waals surface area contributed by atoms with Crippen molar-refractivity contribution in [2.24, 2.45) is 5.92 Å². The maximum Gasteiger partial charge on any atom is 0.331 e. The van der Waals surface area contributed by atoms with Gasteiger partial charge in [-0.05, 0) is 62.3 Å². The Balaban J connectivity index is 1.42. The number of ether oxygens (including phenoxy) is 1. The fourth-order valence-electron chi connectivity index (χ4n) is 3.48. The lowest BCUT2D eigenvalue weighted by atomic mass is 10.1. The van der Waals surface area contributed by atoms with Gasteiger partial charge in [0.1, 0.15) is 0 Å². The summed E-state index contributed by atoms with van der Waals surface area (Å²) in [6.07, 6.45) is 10.6. The summed E-state index contributed by atoms with van der Waals surface area (Å²) in [4.78, 5) is 26.0. The maximum atomic E-state index is 11.8. The van der Waals surface area contributed by atoms with Crippen molar-refractivity contribution in [2.45, 2.75) is 51.5 Å². The highest BCUT2D eigenvalue weighted by Gasteiger charge is 2.28. The fraction of sp³-hybridized carbons (Fsp3) is 0.545. The number of carbonyl (C=O) groups is 2. The van der Waals surface area contributed by atoms with Gasteiger partial charge in [-0.2, -0.15) is 0 Å². The van der Waals surface area contributed by atoms with E-state index in [0.29, 0.717) is 5.92 Å². The molecule has 3 rings (SSSR count). The summed E-state index contributed by atoms with van der Waals surface area (Å²) in [5.41, 5.74) is 2.18. The molecule has 2 fully saturated rings. The summed E-state index contributed by atoms with van der Waals surface area (Å²) in [6, 6.07) is 8.38. The molecule has 2 aliphatic rings. The van der Waals surface area contributed by atoms with Gasteiger partial charge in [0, 0.05) is 30.9 Å². The molecule has 1 atom stereocenters. The van der Waals surface area contributed by atoms with Gasteiger partial charge < -0.3 is 15.0 Å². The molecule has 5 nitrogen and oxygen atoms in total. The van der Waals surface area contributed by atoms with E-state index in [1.165, 1.54) is 50.3 Å². The lowest BCUT2D eigenvalue weighted by Crippen LogP contribution is -2.36. The lowest BCUT2D eigenvalue weighted by molar-refractivity contribution is -0.144. The Bertz CT molecular complexity index is 657. The van der Waals surface area contributed by atoms with Crippen LogP contribution >= 0.6 is 0 Å². The minimum absolute atomic E-state index is 0.162. The van der Waals surface area contributed by atoms with Crippen LogP contribution in [0.1, 0.15) is 51.0 Å². The van der Waals surface area contributed by atoms with Crippen molar-refractivity contribution in [1.82, 2.24) is 5.32 Å². The van der Waals surface area contributed by atoms with E-state index in [0.717, 1.165) is 18.7 Å². The van der Waals surface area contributed by atoms with Crippen LogP contribution in [0.5, 0.6) is 0 Å². The Labute approximate surface area is 161 Å². The minimum Gasteiger partial charge on any atom is -0.452 e. The van der Waals surface area contributed by atoms with E-state index in [4.69, 9.17) is 4.74 Å². The number of esters is 1. The van der Waals surface area contributed by atoms with Crippen LogP contribution in [-0.2, 0) is 14.3 Å². The predicted molar refractivity (Wildman–Crippen MR) is 107 cm³/mol. The largest absolute Gasteiger partial charge is 0.452 e. The highest BCUT2D eigenvalue weighted by Crippen LogP contribution is 2.32. The molecule has 0 aromatic heterocycles. The molecule has 1 aromatic rings. The molecular weight excluding hydrogens is 340 g/mol. The van der Waals surface area contributed by atoms with Crippen LogP contribution in [0.4, 0.5) is 5.69 Å². The van der Waals surface area contributed by atoms with E-state index in [1.807, 2.05) is 19.1 Å². The lowest BCUT2D eigenvalue weighted by Gasteiger charge is -2.22. The van der Waals surface area contributed by atoms with Crippen LogP contribution in [0.25, 0.3) is 6.08 Å². The van der Waals surface area contributed by atoms with Crippen molar-refractivity contribution in [3.05, 3.63) is 35.9 Å². The zero-order valence-electron chi connectivity index (χ0n) is 16.2. The molecule has 0 spiro atoms. The SMILES string of the molecule is C[C@@H](NC(=O)COC(=O)/C=C/c1ccc(N2CCCCCC2)cc1)C1CC1. The third-order valence-corrected chi connectivity index (χ3v) is 5.34. The summed E-state index contributed by atoms with van der Waals surface area (Å²) in [7, 11) is 0. The molecule has 1 aliphatic carbocycles. The van der Waals surface area contributed by atoms with Gasteiger partial charge >= 0.3 is 5.97 Å². The van der Waals surface area contributed by atoms with E-state index in [9.17, 15) is 9.59 Å². The first-order valence-corrected chi connectivity index (χ1v) is 10.1. The molecule has 0 radical (unpaired) electrons. The van der Waals surface area contributed by atoms with Crippen molar-refractivity contribution in [3.8, 4) is 0 Å². The van der Waals surface area contributed by atoms with Crippen LogP contribution in [0.2, 0.25) is 0 Å². The molecular formula is C22H30N2O3. The van der Waals surface area contributed by atoms with E-state index >= 15 is 0 Å². The van der Waals surface area contributed by atoms with Crippen LogP contribution in [0, 0.1) is 5.92 Å². The first-order chi connectivity index (χ1) is 13.1. The van der Waals surface area contributed by atoms with Crippen LogP contribution in [-0.4, -0.2) is 37.6 Å². The number of hydrogen-bond acceptors (Lipinski definition) is 4. The molecule has 146 valence electrons. The Morgan fingerprint density at radius 1 is 1.15 bits per heavy atom. The maximum absolute atomic E-state index is 11.8. The molecule has 1 aliphatic heterocycles. The number of rotatable bonds is 7. The first-order valence-electron chi connectivity index (χ1n) is 10.1. The van der Waals surface area contributed by atoms with Crippen molar-refractivity contribution in [2.75, 3.05) is 24.6 Å². The Hall–Kier alpha value is -2.30. The van der Waals surface area contributed by atoms with E-state index < -0.39 is 5.97 Å². The summed E-state index contributed by atoms with van der Waals surface area (Å²) in [6.45, 7) is 3.99. The van der Waals surface area contributed by atoms with Gasteiger partial charge in [-0.3, -0.25) is 4.79 Å². The number of nitrogens with zero attached hydrogens (tertiary/aromatic N) is 1. The van der Waals surface area contributed by atoms with Gasteiger partial charge in [0.2, 0.25) is 0 Å². The number of anilines is 1. The standard InChI is InChI=1S/C22H30N2O3/c1-17(19-9-10-19)23-21(25)16-27-22(26)13-8-18-6-11-20(12-7-18)24-14-4-2-3-5-15-24/h6-8,11-13,17,19H,2-5,9-10,14-16H2,1H3,(H,23,25)/b13-8+/t17-/m1/s1. The van der Waals surface area contributed by atoms with E-state index in [2.05, 4.69) is 22.3 Å². The highest BCUT2D eigenvalue weighted by molar-refractivity contribution is 5.89. The van der Waals surface area contributed by atoms with Gasteiger partial charge in [0.05, 0.1) is 0 Å². The second-order valence-electron chi connectivity index (χ2n) is 7.63. The zero-order chi connectivity index (χ0) is 19.1.